The molecule has 0 aromatic rings. The van der Waals surface area contributed by atoms with Crippen LogP contribution in [0, 0.1) is 17.8 Å². The van der Waals surface area contributed by atoms with Crippen LogP contribution in [0.25, 0.3) is 0 Å². The van der Waals surface area contributed by atoms with Crippen molar-refractivity contribution >= 4 is 16.9 Å². The van der Waals surface area contributed by atoms with Crippen LogP contribution in [0.3, 0.4) is 0 Å². The van der Waals surface area contributed by atoms with Gasteiger partial charge in [0.25, 0.3) is 0 Å². The van der Waals surface area contributed by atoms with Crippen molar-refractivity contribution in [2.24, 2.45) is 22.7 Å². The Kier molecular flexibility index (Phi) is 4.73. The molecule has 3 rings (SSSR count). The molecule has 0 aromatic heterocycles. The maximum atomic E-state index is 4.90. The van der Waals surface area contributed by atoms with E-state index in [1.807, 2.05) is 11.8 Å². The van der Waals surface area contributed by atoms with Crippen molar-refractivity contribution in [3.8, 4) is 0 Å². The fourth-order valence-corrected chi connectivity index (χ4v) is 5.18. The lowest BCUT2D eigenvalue weighted by Gasteiger charge is -2.37. The van der Waals surface area contributed by atoms with Gasteiger partial charge in [-0.3, -0.25) is 4.99 Å². The fourth-order valence-electron chi connectivity index (χ4n) is 4.01. The minimum atomic E-state index is 0.735. The Morgan fingerprint density at radius 3 is 2.95 bits per heavy atom. The highest BCUT2D eigenvalue weighted by Crippen LogP contribution is 2.32. The molecule has 19 heavy (non-hydrogen) atoms. The predicted octanol–water partition coefficient (Wildman–Crippen LogP) is 4.06. The van der Waals surface area contributed by atoms with Crippen molar-refractivity contribution in [3.63, 3.8) is 0 Å². The van der Waals surface area contributed by atoms with E-state index in [2.05, 4.69) is 12.2 Å². The van der Waals surface area contributed by atoms with E-state index in [9.17, 15) is 0 Å². The van der Waals surface area contributed by atoms with E-state index in [-0.39, 0.29) is 0 Å². The molecule has 1 saturated heterocycles. The number of fused-ring (bicyclic) bond motifs is 1. The summed E-state index contributed by atoms with van der Waals surface area (Å²) in [5.41, 5.74) is 0. The lowest BCUT2D eigenvalue weighted by atomic mass is 9.82. The summed E-state index contributed by atoms with van der Waals surface area (Å²) in [5.74, 6) is 3.99. The topological polar surface area (TPSA) is 24.4 Å². The van der Waals surface area contributed by atoms with E-state index in [4.69, 9.17) is 4.99 Å². The maximum Gasteiger partial charge on any atom is 0.156 e. The predicted molar refractivity (Wildman–Crippen MR) is 84.8 cm³/mol. The largest absolute Gasteiger partial charge is 0.362 e. The lowest BCUT2D eigenvalue weighted by molar-refractivity contribution is 0.288. The summed E-state index contributed by atoms with van der Waals surface area (Å²) in [7, 11) is 0. The molecule has 1 aliphatic heterocycles. The number of amidine groups is 1. The highest BCUT2D eigenvalue weighted by molar-refractivity contribution is 8.13. The molecule has 0 bridgehead atoms. The molecule has 0 amide bonds. The molecular weight excluding hydrogens is 252 g/mol. The van der Waals surface area contributed by atoms with E-state index < -0.39 is 0 Å². The molecule has 2 saturated carbocycles. The normalized spacial score (nSPS) is 41.6. The van der Waals surface area contributed by atoms with Gasteiger partial charge in [-0.2, -0.15) is 0 Å². The number of nitrogens with one attached hydrogen (secondary N) is 1. The summed E-state index contributed by atoms with van der Waals surface area (Å²) in [4.78, 5) is 4.90. The quantitative estimate of drug-likeness (QED) is 0.825. The third-order valence-electron chi connectivity index (χ3n) is 5.19. The van der Waals surface area contributed by atoms with Gasteiger partial charge in [0.1, 0.15) is 0 Å². The van der Waals surface area contributed by atoms with Crippen molar-refractivity contribution < 1.29 is 0 Å². The smallest absolute Gasteiger partial charge is 0.156 e. The monoisotopic (exact) mass is 280 g/mol. The van der Waals surface area contributed by atoms with Gasteiger partial charge in [-0.15, -0.1) is 0 Å². The number of nitrogens with zero attached hydrogens (tertiary/aromatic N) is 1. The number of hydrogen-bond donors (Lipinski definition) is 1. The van der Waals surface area contributed by atoms with Crippen molar-refractivity contribution in [1.82, 2.24) is 5.32 Å². The van der Waals surface area contributed by atoms with Crippen LogP contribution in [0.5, 0.6) is 0 Å². The molecule has 4 unspecified atom stereocenters. The van der Waals surface area contributed by atoms with Crippen LogP contribution in [0.15, 0.2) is 4.99 Å². The Morgan fingerprint density at radius 2 is 2.05 bits per heavy atom. The summed E-state index contributed by atoms with van der Waals surface area (Å²) >= 11 is 1.98. The second kappa shape index (κ2) is 6.51. The van der Waals surface area contributed by atoms with Crippen LogP contribution < -0.4 is 5.32 Å². The van der Waals surface area contributed by atoms with Crippen LogP contribution >= 0.6 is 11.8 Å². The van der Waals surface area contributed by atoms with Crippen LogP contribution in [-0.4, -0.2) is 23.5 Å². The van der Waals surface area contributed by atoms with Crippen LogP contribution in [-0.2, 0) is 0 Å². The average molecular weight is 280 g/mol. The minimum absolute atomic E-state index is 0.735. The van der Waals surface area contributed by atoms with Gasteiger partial charge in [-0.25, -0.2) is 0 Å². The maximum absolute atomic E-state index is 4.90. The number of hydrogen-bond acceptors (Lipinski definition) is 2. The Balaban J connectivity index is 1.50. The van der Waals surface area contributed by atoms with Crippen molar-refractivity contribution in [2.75, 3.05) is 12.3 Å². The van der Waals surface area contributed by atoms with E-state index in [1.165, 1.54) is 62.3 Å². The third-order valence-corrected chi connectivity index (χ3v) is 6.31. The van der Waals surface area contributed by atoms with Gasteiger partial charge in [-0.05, 0) is 43.4 Å². The van der Waals surface area contributed by atoms with Gasteiger partial charge in [0.2, 0.25) is 0 Å². The standard InChI is InChI=1S/C16H28N2S/c1-12-5-4-6-13(9-12)10-17-16-18-15-8-3-2-7-14(15)11-19-16/h12-15H,2-11H2,1H3,(H,17,18). The Morgan fingerprint density at radius 1 is 1.16 bits per heavy atom. The van der Waals surface area contributed by atoms with Crippen molar-refractivity contribution in [2.45, 2.75) is 64.3 Å². The Bertz CT molecular complexity index is 329. The van der Waals surface area contributed by atoms with Gasteiger partial charge in [0, 0.05) is 18.3 Å². The molecule has 4 atom stereocenters. The van der Waals surface area contributed by atoms with E-state index in [1.54, 1.807) is 0 Å². The van der Waals surface area contributed by atoms with Crippen LogP contribution in [0.4, 0.5) is 0 Å². The first-order chi connectivity index (χ1) is 9.31. The number of rotatable bonds is 2. The molecule has 3 heteroatoms. The molecule has 1 heterocycles. The van der Waals surface area contributed by atoms with E-state index in [0.717, 1.165) is 30.3 Å². The van der Waals surface area contributed by atoms with Crippen LogP contribution in [0.1, 0.15) is 58.3 Å². The molecular formula is C16H28N2S. The SMILES string of the molecule is CC1CCCC(CN=C2NC3CCCCC3CS2)C1. The van der Waals surface area contributed by atoms with Crippen molar-refractivity contribution in [3.05, 3.63) is 0 Å². The summed E-state index contributed by atoms with van der Waals surface area (Å²) in [5, 5.41) is 4.97. The van der Waals surface area contributed by atoms with Gasteiger partial charge >= 0.3 is 0 Å². The molecule has 1 N–H and O–H groups in total. The highest BCUT2D eigenvalue weighted by Gasteiger charge is 2.30. The zero-order valence-electron chi connectivity index (χ0n) is 12.2. The third kappa shape index (κ3) is 3.68. The zero-order valence-corrected chi connectivity index (χ0v) is 13.1. The highest BCUT2D eigenvalue weighted by atomic mass is 32.2. The molecule has 0 aromatic carbocycles. The number of aliphatic imine (C=N–C) groups is 1. The first-order valence-corrected chi connectivity index (χ1v) is 9.23. The summed E-state index contributed by atoms with van der Waals surface area (Å²) in [6.45, 7) is 3.47. The van der Waals surface area contributed by atoms with Crippen molar-refractivity contribution in [1.29, 1.82) is 0 Å². The lowest BCUT2D eigenvalue weighted by Crippen LogP contribution is -2.46. The molecule has 2 aliphatic carbocycles. The Labute approximate surface area is 122 Å². The minimum Gasteiger partial charge on any atom is -0.362 e. The van der Waals surface area contributed by atoms with E-state index >= 15 is 0 Å². The summed E-state index contributed by atoms with van der Waals surface area (Å²) in [6.07, 6.45) is 11.3. The molecule has 0 radical (unpaired) electrons. The molecule has 3 fully saturated rings. The first kappa shape index (κ1) is 13.8. The van der Waals surface area contributed by atoms with E-state index in [0.29, 0.717) is 0 Å². The van der Waals surface area contributed by atoms with Gasteiger partial charge in [0.15, 0.2) is 5.17 Å². The Hall–Kier alpha value is -0.180. The van der Waals surface area contributed by atoms with Gasteiger partial charge in [-0.1, -0.05) is 44.4 Å². The second-order valence-electron chi connectivity index (χ2n) is 6.89. The fraction of sp³-hybridized carbons (Fsp3) is 0.938. The van der Waals surface area contributed by atoms with Gasteiger partial charge in [0.05, 0.1) is 0 Å². The zero-order chi connectivity index (χ0) is 13.1. The first-order valence-electron chi connectivity index (χ1n) is 8.25. The second-order valence-corrected chi connectivity index (χ2v) is 7.90. The molecule has 3 aliphatic rings. The molecule has 108 valence electrons. The van der Waals surface area contributed by atoms with Crippen LogP contribution in [0.2, 0.25) is 0 Å². The summed E-state index contributed by atoms with van der Waals surface area (Å²) < 4.78 is 0. The molecule has 0 spiro atoms. The summed E-state index contributed by atoms with van der Waals surface area (Å²) in [6, 6.07) is 0.735. The average Bonchev–Trinajstić information content (AvgIpc) is 2.45. The number of thioether (sulfide) groups is 1. The molecule has 2 nitrogen and oxygen atoms in total. The van der Waals surface area contributed by atoms with Gasteiger partial charge < -0.3 is 5.32 Å².